The van der Waals surface area contributed by atoms with E-state index in [2.05, 4.69) is 22.5 Å². The zero-order valence-corrected chi connectivity index (χ0v) is 22.6. The maximum atomic E-state index is 13.2. The number of amides is 2. The zero-order chi connectivity index (χ0) is 28.3. The molecule has 1 saturated heterocycles. The minimum absolute atomic E-state index is 0.00583. The number of aliphatic hydroxyl groups is 1. The van der Waals surface area contributed by atoms with Gasteiger partial charge in [-0.3, -0.25) is 0 Å². The van der Waals surface area contributed by atoms with Gasteiger partial charge in [-0.25, -0.2) is 13.6 Å². The number of urea groups is 1. The number of anilines is 1. The number of aliphatic hydroxyl groups excluding tert-OH is 1. The molecule has 0 radical (unpaired) electrons. The number of hydrogen-bond donors (Lipinski definition) is 3. The van der Waals surface area contributed by atoms with E-state index in [1.165, 1.54) is 12.1 Å². The molecule has 39 heavy (non-hydrogen) atoms. The molecule has 3 aromatic carbocycles. The average Bonchev–Trinajstić information content (AvgIpc) is 2.97. The van der Waals surface area contributed by atoms with E-state index in [0.717, 1.165) is 82.0 Å². The summed E-state index contributed by atoms with van der Waals surface area (Å²) in [4.78, 5) is 14.3. The van der Waals surface area contributed by atoms with Gasteiger partial charge in [0.25, 0.3) is 0 Å². The maximum Gasteiger partial charge on any atom is 0.321 e. The highest BCUT2D eigenvalue weighted by Gasteiger charge is 2.13. The lowest BCUT2D eigenvalue weighted by Crippen LogP contribution is -2.37. The van der Waals surface area contributed by atoms with Crippen molar-refractivity contribution >= 4 is 11.7 Å². The van der Waals surface area contributed by atoms with Gasteiger partial charge in [0.2, 0.25) is 0 Å². The number of hydrogen-bond acceptors (Lipinski definition) is 4. The summed E-state index contributed by atoms with van der Waals surface area (Å²) in [5, 5.41) is 13.4. The second kappa shape index (κ2) is 18.3. The topological polar surface area (TPSA) is 73.8 Å². The van der Waals surface area contributed by atoms with E-state index in [-0.39, 0.29) is 11.6 Å². The average molecular weight is 538 g/mol. The molecule has 208 valence electrons. The quantitative estimate of drug-likeness (QED) is 0.369. The van der Waals surface area contributed by atoms with Gasteiger partial charge in [-0.1, -0.05) is 30.0 Å². The Hall–Kier alpha value is -3.93. The lowest BCUT2D eigenvalue weighted by Gasteiger charge is -2.24. The molecule has 2 amide bonds. The molecule has 3 aromatic rings. The highest BCUT2D eigenvalue weighted by Crippen LogP contribution is 2.16. The normalized spacial score (nSPS) is 13.2. The Kier molecular flexibility index (Phi) is 14.7. The molecule has 8 heteroatoms. The van der Waals surface area contributed by atoms with Gasteiger partial charge in [-0.15, -0.1) is 0 Å². The van der Waals surface area contributed by atoms with Crippen LogP contribution in [0.4, 0.5) is 19.3 Å². The smallest absolute Gasteiger partial charge is 0.321 e. The third-order valence-electron chi connectivity index (χ3n) is 5.74. The first-order chi connectivity index (χ1) is 19.0. The van der Waals surface area contributed by atoms with Crippen LogP contribution in [-0.2, 0) is 0 Å². The Labute approximate surface area is 230 Å². The number of carbonyl (C=O) groups is 1. The van der Waals surface area contributed by atoms with E-state index in [4.69, 9.17) is 9.84 Å². The number of methoxy groups -OCH3 is 1. The Morgan fingerprint density at radius 1 is 0.897 bits per heavy atom. The number of benzene rings is 3. The summed E-state index contributed by atoms with van der Waals surface area (Å²) in [6.45, 7) is 3.75. The molecular weight excluding hydrogens is 500 g/mol. The standard InChI is InChI=1S/C16H25N3O2.C14H8F2.CH4O/c1-21-15-8-6-14(7-9-15)18-16(20)19-12-4-2-10-17-11-3-5-13-19;15-13-9-8-12(14(16)10-13)7-6-11-4-2-1-3-5-11;1-2/h6-9,17H,2-5,10-13H2,1H3,(H,18,20);1-5,8-10H;2H,1H3. The lowest BCUT2D eigenvalue weighted by molar-refractivity contribution is 0.208. The summed E-state index contributed by atoms with van der Waals surface area (Å²) in [5.41, 5.74) is 1.80. The van der Waals surface area contributed by atoms with Crippen LogP contribution in [0.2, 0.25) is 0 Å². The van der Waals surface area contributed by atoms with Crippen LogP contribution in [0.25, 0.3) is 0 Å². The van der Waals surface area contributed by atoms with Gasteiger partial charge in [0, 0.05) is 37.5 Å². The second-order valence-electron chi connectivity index (χ2n) is 8.55. The van der Waals surface area contributed by atoms with Gasteiger partial charge >= 0.3 is 6.03 Å². The summed E-state index contributed by atoms with van der Waals surface area (Å²) in [7, 11) is 2.63. The fraction of sp³-hybridized carbons (Fsp3) is 0.323. The third kappa shape index (κ3) is 12.0. The van der Waals surface area contributed by atoms with E-state index in [1.54, 1.807) is 7.11 Å². The van der Waals surface area contributed by atoms with Crippen LogP contribution >= 0.6 is 0 Å². The molecule has 6 nitrogen and oxygen atoms in total. The predicted molar refractivity (Wildman–Crippen MR) is 152 cm³/mol. The summed E-state index contributed by atoms with van der Waals surface area (Å²) in [6, 6.07) is 20.0. The molecule has 0 bridgehead atoms. The number of rotatable bonds is 2. The van der Waals surface area contributed by atoms with Crippen molar-refractivity contribution in [3.8, 4) is 17.6 Å². The zero-order valence-electron chi connectivity index (χ0n) is 22.6. The van der Waals surface area contributed by atoms with Crippen LogP contribution in [0.1, 0.15) is 36.8 Å². The van der Waals surface area contributed by atoms with Crippen molar-refractivity contribution in [1.29, 1.82) is 0 Å². The number of nitrogens with one attached hydrogen (secondary N) is 2. The van der Waals surface area contributed by atoms with E-state index in [1.807, 2.05) is 59.5 Å². The molecule has 0 aromatic heterocycles. The van der Waals surface area contributed by atoms with Crippen molar-refractivity contribution in [1.82, 2.24) is 10.2 Å². The molecule has 0 spiro atoms. The third-order valence-corrected chi connectivity index (χ3v) is 5.74. The number of nitrogens with zero attached hydrogens (tertiary/aromatic N) is 1. The molecule has 0 atom stereocenters. The van der Waals surface area contributed by atoms with Gasteiger partial charge in [-0.05, 0) is 87.3 Å². The highest BCUT2D eigenvalue weighted by molar-refractivity contribution is 5.89. The second-order valence-corrected chi connectivity index (χ2v) is 8.55. The number of ether oxygens (including phenoxy) is 1. The Balaban J connectivity index is 0.000000265. The van der Waals surface area contributed by atoms with Crippen molar-refractivity contribution in [2.24, 2.45) is 0 Å². The van der Waals surface area contributed by atoms with E-state index in [9.17, 15) is 13.6 Å². The maximum absolute atomic E-state index is 13.2. The Bertz CT molecular complexity index is 1170. The van der Waals surface area contributed by atoms with Gasteiger partial charge in [0.05, 0.1) is 12.7 Å². The van der Waals surface area contributed by atoms with Gasteiger partial charge < -0.3 is 25.4 Å². The van der Waals surface area contributed by atoms with Crippen molar-refractivity contribution in [3.05, 3.63) is 95.6 Å². The SMILES string of the molecule is CO.COc1ccc(NC(=O)N2CCCCNCCCC2)cc1.Fc1ccc(C#Cc2ccccc2)c(F)c1. The molecule has 0 aliphatic carbocycles. The van der Waals surface area contributed by atoms with Crippen LogP contribution in [0.5, 0.6) is 5.75 Å². The molecule has 1 aliphatic rings. The van der Waals surface area contributed by atoms with Gasteiger partial charge in [0.15, 0.2) is 0 Å². The summed E-state index contributed by atoms with van der Waals surface area (Å²) < 4.78 is 31.0. The number of halogens is 2. The first-order valence-electron chi connectivity index (χ1n) is 12.9. The van der Waals surface area contributed by atoms with Crippen molar-refractivity contribution in [2.45, 2.75) is 25.7 Å². The van der Waals surface area contributed by atoms with E-state index in [0.29, 0.717) is 0 Å². The fourth-order valence-electron chi connectivity index (χ4n) is 3.67. The summed E-state index contributed by atoms with van der Waals surface area (Å²) in [5.74, 6) is 5.03. The van der Waals surface area contributed by atoms with Gasteiger partial charge in [0.1, 0.15) is 17.4 Å². The first kappa shape index (κ1) is 31.3. The van der Waals surface area contributed by atoms with E-state index >= 15 is 0 Å². The van der Waals surface area contributed by atoms with Crippen LogP contribution in [0.15, 0.2) is 72.8 Å². The highest BCUT2D eigenvalue weighted by atomic mass is 19.1. The molecule has 1 aliphatic heterocycles. The summed E-state index contributed by atoms with van der Waals surface area (Å²) in [6.07, 6.45) is 4.32. The summed E-state index contributed by atoms with van der Waals surface area (Å²) >= 11 is 0. The Morgan fingerprint density at radius 2 is 1.54 bits per heavy atom. The molecule has 3 N–H and O–H groups in total. The molecule has 1 heterocycles. The van der Waals surface area contributed by atoms with Crippen LogP contribution in [0, 0.1) is 23.5 Å². The predicted octanol–water partition coefficient (Wildman–Crippen LogP) is 5.67. The first-order valence-corrected chi connectivity index (χ1v) is 12.9. The van der Waals surface area contributed by atoms with Gasteiger partial charge in [-0.2, -0.15) is 0 Å². The lowest BCUT2D eigenvalue weighted by atomic mass is 10.2. The largest absolute Gasteiger partial charge is 0.497 e. The van der Waals surface area contributed by atoms with Crippen LogP contribution in [0.3, 0.4) is 0 Å². The molecule has 0 unspecified atom stereocenters. The monoisotopic (exact) mass is 537 g/mol. The van der Waals surface area contributed by atoms with E-state index < -0.39 is 11.6 Å². The van der Waals surface area contributed by atoms with Crippen molar-refractivity contribution < 1.29 is 23.4 Å². The molecular formula is C31H37F2N3O3. The minimum Gasteiger partial charge on any atom is -0.497 e. The fourth-order valence-corrected chi connectivity index (χ4v) is 3.67. The molecule has 0 saturated carbocycles. The molecule has 1 fully saturated rings. The minimum atomic E-state index is -0.636. The van der Waals surface area contributed by atoms with Crippen LogP contribution in [-0.4, -0.2) is 56.4 Å². The van der Waals surface area contributed by atoms with Crippen molar-refractivity contribution in [2.75, 3.05) is 45.7 Å². The number of carbonyl (C=O) groups excluding carboxylic acids is 1. The van der Waals surface area contributed by atoms with Crippen molar-refractivity contribution in [3.63, 3.8) is 0 Å². The Morgan fingerprint density at radius 3 is 2.13 bits per heavy atom. The molecule has 4 rings (SSSR count). The van der Waals surface area contributed by atoms with Crippen LogP contribution < -0.4 is 15.4 Å².